The molecule has 126 valence electrons. The van der Waals surface area contributed by atoms with Crippen molar-refractivity contribution in [1.82, 2.24) is 4.90 Å². The summed E-state index contributed by atoms with van der Waals surface area (Å²) in [6.45, 7) is 0.663. The molecule has 0 aliphatic heterocycles. The van der Waals surface area contributed by atoms with Crippen LogP contribution < -0.4 is 11.1 Å². The number of methoxy groups -OCH3 is 1. The van der Waals surface area contributed by atoms with E-state index < -0.39 is 11.9 Å². The second kappa shape index (κ2) is 9.76. The second-order valence-corrected chi connectivity index (χ2v) is 4.63. The van der Waals surface area contributed by atoms with E-state index in [9.17, 15) is 14.4 Å². The van der Waals surface area contributed by atoms with Crippen LogP contribution >= 0.6 is 0 Å². The maximum Gasteiger partial charge on any atom is 0.339 e. The molecule has 0 spiro atoms. The first-order chi connectivity index (χ1) is 11.6. The fraction of sp³-hybridized carbons (Fsp3) is 0.250. The van der Waals surface area contributed by atoms with Gasteiger partial charge >= 0.3 is 5.97 Å². The number of nitrogens with two attached hydrogens (primary N) is 1. The van der Waals surface area contributed by atoms with E-state index in [4.69, 9.17) is 11.0 Å². The lowest BCUT2D eigenvalue weighted by Gasteiger charge is -2.13. The van der Waals surface area contributed by atoms with Crippen LogP contribution in [0.3, 0.4) is 0 Å². The van der Waals surface area contributed by atoms with E-state index in [0.29, 0.717) is 19.4 Å². The predicted octanol–water partition coefficient (Wildman–Crippen LogP) is 0.626. The summed E-state index contributed by atoms with van der Waals surface area (Å²) in [5, 5.41) is 11.6. The van der Waals surface area contributed by atoms with Gasteiger partial charge in [0.15, 0.2) is 0 Å². The molecule has 3 N–H and O–H groups in total. The minimum absolute atomic E-state index is 0.154. The number of ether oxygens (including phenoxy) is 1. The van der Waals surface area contributed by atoms with E-state index in [1.54, 1.807) is 18.2 Å². The van der Waals surface area contributed by atoms with Crippen LogP contribution in [-0.4, -0.2) is 43.4 Å². The van der Waals surface area contributed by atoms with Crippen LogP contribution in [0.15, 0.2) is 36.0 Å². The molecule has 0 radical (unpaired) electrons. The monoisotopic (exact) mass is 330 g/mol. The van der Waals surface area contributed by atoms with Crippen LogP contribution in [0.25, 0.3) is 0 Å². The largest absolute Gasteiger partial charge is 0.465 e. The molecule has 0 unspecified atom stereocenters. The Morgan fingerprint density at radius 2 is 2.12 bits per heavy atom. The standard InChI is InChI=1S/C16H18N4O4/c1-24-16(23)13-5-2-3-6-14(13)19-15(22)12(9-18)10-20(11-21)8-4-7-17/h2-3,5-6,10-11H,4,7-8,17H2,1H3,(H,19,22)/b12-10-. The SMILES string of the molecule is COC(=O)c1ccccc1NC(=O)/C(C#N)=C\N(C=O)CCCN. The molecule has 0 atom stereocenters. The summed E-state index contributed by atoms with van der Waals surface area (Å²) in [4.78, 5) is 36.0. The van der Waals surface area contributed by atoms with Crippen molar-refractivity contribution in [2.24, 2.45) is 5.73 Å². The summed E-state index contributed by atoms with van der Waals surface area (Å²) in [7, 11) is 1.22. The lowest BCUT2D eigenvalue weighted by atomic mass is 10.1. The van der Waals surface area contributed by atoms with Crippen molar-refractivity contribution in [2.45, 2.75) is 6.42 Å². The maximum atomic E-state index is 12.2. The van der Waals surface area contributed by atoms with E-state index >= 15 is 0 Å². The van der Waals surface area contributed by atoms with Crippen LogP contribution in [0.2, 0.25) is 0 Å². The zero-order valence-corrected chi connectivity index (χ0v) is 13.2. The number of rotatable bonds is 8. The molecule has 0 saturated carbocycles. The smallest absolute Gasteiger partial charge is 0.339 e. The molecule has 0 fully saturated rings. The van der Waals surface area contributed by atoms with E-state index in [0.717, 1.165) is 11.1 Å². The van der Waals surface area contributed by atoms with E-state index in [1.165, 1.54) is 19.2 Å². The van der Waals surface area contributed by atoms with Crippen molar-refractivity contribution < 1.29 is 19.1 Å². The first-order valence-electron chi connectivity index (χ1n) is 7.09. The van der Waals surface area contributed by atoms with Crippen molar-refractivity contribution in [2.75, 3.05) is 25.5 Å². The molecule has 0 aromatic heterocycles. The minimum Gasteiger partial charge on any atom is -0.465 e. The van der Waals surface area contributed by atoms with Crippen LogP contribution in [0.5, 0.6) is 0 Å². The first-order valence-corrected chi connectivity index (χ1v) is 7.09. The average Bonchev–Trinajstić information content (AvgIpc) is 2.61. The van der Waals surface area contributed by atoms with Gasteiger partial charge in [0.1, 0.15) is 11.6 Å². The van der Waals surface area contributed by atoms with Gasteiger partial charge in [-0.05, 0) is 25.1 Å². The van der Waals surface area contributed by atoms with E-state index in [1.807, 2.05) is 0 Å². The number of anilines is 1. The summed E-state index contributed by atoms with van der Waals surface area (Å²) in [6.07, 6.45) is 2.17. The number of amides is 2. The molecule has 24 heavy (non-hydrogen) atoms. The third-order valence-electron chi connectivity index (χ3n) is 3.00. The lowest BCUT2D eigenvalue weighted by molar-refractivity contribution is -0.116. The van der Waals surface area contributed by atoms with E-state index in [2.05, 4.69) is 10.1 Å². The molecule has 1 aromatic rings. The molecule has 8 heteroatoms. The summed E-state index contributed by atoms with van der Waals surface area (Å²) < 4.78 is 4.64. The molecule has 0 saturated heterocycles. The quantitative estimate of drug-likeness (QED) is 0.311. The average molecular weight is 330 g/mol. The summed E-state index contributed by atoms with van der Waals surface area (Å²) >= 11 is 0. The lowest BCUT2D eigenvalue weighted by Crippen LogP contribution is -2.23. The van der Waals surface area contributed by atoms with Crippen LogP contribution in [0, 0.1) is 11.3 Å². The minimum atomic E-state index is -0.742. The maximum absolute atomic E-state index is 12.2. The molecule has 0 aliphatic carbocycles. The van der Waals surface area contributed by atoms with Gasteiger partial charge in [0.2, 0.25) is 6.41 Å². The Morgan fingerprint density at radius 3 is 2.71 bits per heavy atom. The molecular formula is C16H18N4O4. The van der Waals surface area contributed by atoms with Gasteiger partial charge < -0.3 is 20.7 Å². The molecular weight excluding hydrogens is 312 g/mol. The Hall–Kier alpha value is -3.18. The second-order valence-electron chi connectivity index (χ2n) is 4.63. The highest BCUT2D eigenvalue weighted by atomic mass is 16.5. The number of hydrogen-bond donors (Lipinski definition) is 2. The zero-order valence-electron chi connectivity index (χ0n) is 13.2. The fourth-order valence-corrected chi connectivity index (χ4v) is 1.80. The third-order valence-corrected chi connectivity index (χ3v) is 3.00. The van der Waals surface area contributed by atoms with Crippen molar-refractivity contribution >= 4 is 24.0 Å². The normalized spacial score (nSPS) is 10.5. The van der Waals surface area contributed by atoms with Crippen LogP contribution in [-0.2, 0) is 14.3 Å². The highest BCUT2D eigenvalue weighted by Crippen LogP contribution is 2.17. The van der Waals surface area contributed by atoms with Gasteiger partial charge in [-0.3, -0.25) is 9.59 Å². The molecule has 2 amide bonds. The number of esters is 1. The predicted molar refractivity (Wildman–Crippen MR) is 86.5 cm³/mol. The van der Waals surface area contributed by atoms with Gasteiger partial charge in [-0.1, -0.05) is 12.1 Å². The number of hydrogen-bond acceptors (Lipinski definition) is 6. The number of carbonyl (C=O) groups is 3. The molecule has 1 aromatic carbocycles. The van der Waals surface area contributed by atoms with E-state index in [-0.39, 0.29) is 23.4 Å². The van der Waals surface area contributed by atoms with Gasteiger partial charge in [0.05, 0.1) is 18.4 Å². The Labute approximate surface area is 139 Å². The Bertz CT molecular complexity index is 679. The zero-order chi connectivity index (χ0) is 17.9. The molecule has 1 rings (SSSR count). The van der Waals surface area contributed by atoms with Crippen molar-refractivity contribution in [3.63, 3.8) is 0 Å². The summed E-state index contributed by atoms with van der Waals surface area (Å²) in [5.74, 6) is -1.36. The number of nitrogens with one attached hydrogen (secondary N) is 1. The fourth-order valence-electron chi connectivity index (χ4n) is 1.80. The van der Waals surface area contributed by atoms with Gasteiger partial charge in [-0.2, -0.15) is 5.26 Å². The molecule has 8 nitrogen and oxygen atoms in total. The van der Waals surface area contributed by atoms with Gasteiger partial charge in [0.25, 0.3) is 5.91 Å². The van der Waals surface area contributed by atoms with Crippen LogP contribution in [0.4, 0.5) is 5.69 Å². The first kappa shape index (κ1) is 18.9. The number of nitriles is 1. The third kappa shape index (κ3) is 5.23. The number of nitrogens with zero attached hydrogens (tertiary/aromatic N) is 2. The molecule has 0 heterocycles. The van der Waals surface area contributed by atoms with Crippen molar-refractivity contribution in [3.8, 4) is 6.07 Å². The molecule has 0 bridgehead atoms. The van der Waals surface area contributed by atoms with Crippen molar-refractivity contribution in [1.29, 1.82) is 5.26 Å². The van der Waals surface area contributed by atoms with Gasteiger partial charge in [-0.25, -0.2) is 4.79 Å². The Morgan fingerprint density at radius 1 is 1.42 bits per heavy atom. The highest BCUT2D eigenvalue weighted by molar-refractivity contribution is 6.09. The van der Waals surface area contributed by atoms with Crippen molar-refractivity contribution in [3.05, 3.63) is 41.6 Å². The number of carbonyl (C=O) groups excluding carboxylic acids is 3. The topological polar surface area (TPSA) is 126 Å². The van der Waals surface area contributed by atoms with Gasteiger partial charge in [-0.15, -0.1) is 0 Å². The van der Waals surface area contributed by atoms with Gasteiger partial charge in [0, 0.05) is 12.7 Å². The highest BCUT2D eigenvalue weighted by Gasteiger charge is 2.16. The Kier molecular flexibility index (Phi) is 7.67. The number of benzene rings is 1. The number of para-hydroxylation sites is 1. The molecule has 0 aliphatic rings. The summed E-state index contributed by atoms with van der Waals surface area (Å²) in [6, 6.07) is 7.95. The Balaban J connectivity index is 2.98. The summed E-state index contributed by atoms with van der Waals surface area (Å²) in [5.41, 5.74) is 5.44. The van der Waals surface area contributed by atoms with Crippen LogP contribution in [0.1, 0.15) is 16.8 Å².